The molecule has 1 amide bonds. The Kier molecular flexibility index (Phi) is 4.80. The summed E-state index contributed by atoms with van der Waals surface area (Å²) >= 11 is 16.8. The number of nitrogens with one attached hydrogen (secondary N) is 1. The van der Waals surface area contributed by atoms with Crippen LogP contribution in [0.15, 0.2) is 40.4 Å². The number of furan rings is 1. The average Bonchev–Trinajstić information content (AvgIpc) is 3.10. The predicted molar refractivity (Wildman–Crippen MR) is 96.0 cm³/mol. The highest BCUT2D eigenvalue weighted by atomic mass is 35.5. The van der Waals surface area contributed by atoms with Crippen LogP contribution >= 0.6 is 35.4 Å². The molecule has 0 spiro atoms. The third kappa shape index (κ3) is 3.56. The Morgan fingerprint density at radius 2 is 2.08 bits per heavy atom. The molecule has 2 aromatic rings. The molecule has 0 unspecified atom stereocenters. The van der Waals surface area contributed by atoms with Gasteiger partial charge in [0.25, 0.3) is 5.91 Å². The van der Waals surface area contributed by atoms with Crippen LogP contribution in [0.25, 0.3) is 6.08 Å². The lowest BCUT2D eigenvalue weighted by atomic mass is 10.3. The quantitative estimate of drug-likeness (QED) is 0.642. The van der Waals surface area contributed by atoms with Crippen molar-refractivity contribution in [2.45, 2.75) is 6.61 Å². The Morgan fingerprint density at radius 1 is 1.29 bits per heavy atom. The Morgan fingerprint density at radius 3 is 2.75 bits per heavy atom. The number of carbonyl (C=O) groups is 1. The summed E-state index contributed by atoms with van der Waals surface area (Å²) < 4.78 is 11.2. The van der Waals surface area contributed by atoms with E-state index in [0.29, 0.717) is 38.1 Å². The number of hydrogen-bond donors (Lipinski definition) is 1. The molecule has 1 fully saturated rings. The van der Waals surface area contributed by atoms with Crippen LogP contribution in [-0.4, -0.2) is 23.0 Å². The number of thiocarbonyl (C=S) groups is 1. The molecule has 2 heterocycles. The van der Waals surface area contributed by atoms with Gasteiger partial charge in [0.1, 0.15) is 29.6 Å². The van der Waals surface area contributed by atoms with Gasteiger partial charge in [-0.25, -0.2) is 0 Å². The maximum atomic E-state index is 11.9. The van der Waals surface area contributed by atoms with Crippen LogP contribution in [0.2, 0.25) is 10.0 Å². The second kappa shape index (κ2) is 6.84. The smallest absolute Gasteiger partial charge is 0.276 e. The molecule has 0 saturated carbocycles. The minimum absolute atomic E-state index is 0.204. The molecule has 1 aliphatic rings. The van der Waals surface area contributed by atoms with E-state index >= 15 is 0 Å². The topological polar surface area (TPSA) is 54.7 Å². The van der Waals surface area contributed by atoms with Gasteiger partial charge in [0.15, 0.2) is 5.11 Å². The Hall–Kier alpha value is -2.02. The van der Waals surface area contributed by atoms with Gasteiger partial charge in [-0.1, -0.05) is 23.2 Å². The van der Waals surface area contributed by atoms with Crippen molar-refractivity contribution >= 4 is 52.5 Å². The average molecular weight is 383 g/mol. The van der Waals surface area contributed by atoms with Gasteiger partial charge in [-0.2, -0.15) is 0 Å². The molecule has 1 aromatic heterocycles. The van der Waals surface area contributed by atoms with E-state index in [0.717, 1.165) is 0 Å². The summed E-state index contributed by atoms with van der Waals surface area (Å²) in [6, 6.07) is 8.53. The maximum absolute atomic E-state index is 11.9. The molecular weight excluding hydrogens is 371 g/mol. The first kappa shape index (κ1) is 16.8. The van der Waals surface area contributed by atoms with Gasteiger partial charge < -0.3 is 14.5 Å². The van der Waals surface area contributed by atoms with Crippen LogP contribution in [0.5, 0.6) is 5.75 Å². The molecule has 1 N–H and O–H groups in total. The van der Waals surface area contributed by atoms with Crippen LogP contribution in [0.1, 0.15) is 11.5 Å². The summed E-state index contributed by atoms with van der Waals surface area (Å²) in [5, 5.41) is 4.08. The van der Waals surface area contributed by atoms with Gasteiger partial charge in [0.05, 0.1) is 10.0 Å². The van der Waals surface area contributed by atoms with E-state index in [-0.39, 0.29) is 12.5 Å². The number of rotatable bonds is 4. The summed E-state index contributed by atoms with van der Waals surface area (Å²) in [4.78, 5) is 13.3. The van der Waals surface area contributed by atoms with Crippen molar-refractivity contribution in [1.29, 1.82) is 0 Å². The van der Waals surface area contributed by atoms with E-state index < -0.39 is 0 Å². The van der Waals surface area contributed by atoms with Gasteiger partial charge >= 0.3 is 0 Å². The lowest BCUT2D eigenvalue weighted by Crippen LogP contribution is -2.25. The normalized spacial score (nSPS) is 16.0. The van der Waals surface area contributed by atoms with Crippen LogP contribution in [0.4, 0.5) is 0 Å². The highest BCUT2D eigenvalue weighted by Gasteiger charge is 2.27. The molecule has 0 atom stereocenters. The van der Waals surface area contributed by atoms with Crippen LogP contribution in [0, 0.1) is 0 Å². The zero-order valence-corrected chi connectivity index (χ0v) is 14.8. The number of amides is 1. The molecule has 124 valence electrons. The van der Waals surface area contributed by atoms with Crippen molar-refractivity contribution in [1.82, 2.24) is 10.2 Å². The summed E-state index contributed by atoms with van der Waals surface area (Å²) in [6.45, 7) is 0.223. The maximum Gasteiger partial charge on any atom is 0.276 e. The molecule has 5 nitrogen and oxygen atoms in total. The fourth-order valence-corrected chi connectivity index (χ4v) is 2.52. The Balaban J connectivity index is 1.67. The predicted octanol–water partition coefficient (Wildman–Crippen LogP) is 3.85. The molecule has 8 heteroatoms. The minimum atomic E-state index is -0.204. The van der Waals surface area contributed by atoms with E-state index in [1.165, 1.54) is 4.90 Å². The van der Waals surface area contributed by atoms with Crippen molar-refractivity contribution < 1.29 is 13.9 Å². The zero-order chi connectivity index (χ0) is 17.3. The Bertz CT molecular complexity index is 848. The minimum Gasteiger partial charge on any atom is -0.486 e. The zero-order valence-electron chi connectivity index (χ0n) is 12.5. The fraction of sp³-hybridized carbons (Fsp3) is 0.125. The van der Waals surface area contributed by atoms with Crippen LogP contribution in [-0.2, 0) is 11.4 Å². The van der Waals surface area contributed by atoms with E-state index in [4.69, 9.17) is 44.6 Å². The second-order valence-corrected chi connectivity index (χ2v) is 6.22. The fourth-order valence-electron chi connectivity index (χ4n) is 2.04. The molecule has 0 aliphatic carbocycles. The largest absolute Gasteiger partial charge is 0.486 e. The molecular formula is C16H12Cl2N2O3S. The highest BCUT2D eigenvalue weighted by Crippen LogP contribution is 2.27. The number of hydrogen-bond acceptors (Lipinski definition) is 4. The van der Waals surface area contributed by atoms with Gasteiger partial charge in [-0.3, -0.25) is 9.69 Å². The summed E-state index contributed by atoms with van der Waals surface area (Å²) in [5.74, 6) is 1.51. The number of nitrogens with zero attached hydrogens (tertiary/aromatic N) is 1. The first-order valence-electron chi connectivity index (χ1n) is 6.91. The SMILES string of the molecule is CN1C(=O)/C(=C\c2ccc(COc3ccc(Cl)c(Cl)c3)o2)NC1=S. The van der Waals surface area contributed by atoms with Crippen LogP contribution in [0.3, 0.4) is 0 Å². The summed E-state index contributed by atoms with van der Waals surface area (Å²) in [5.41, 5.74) is 0.369. The molecule has 1 saturated heterocycles. The van der Waals surface area contributed by atoms with E-state index in [1.807, 2.05) is 0 Å². The Labute approximate surface area is 153 Å². The molecule has 3 rings (SSSR count). The number of likely N-dealkylation sites (N-methyl/N-ethyl adjacent to an activating group) is 1. The van der Waals surface area contributed by atoms with E-state index in [2.05, 4.69) is 5.32 Å². The second-order valence-electron chi connectivity index (χ2n) is 5.02. The number of halogens is 2. The highest BCUT2D eigenvalue weighted by molar-refractivity contribution is 7.80. The van der Waals surface area contributed by atoms with Gasteiger partial charge in [-0.05, 0) is 36.5 Å². The van der Waals surface area contributed by atoms with E-state index in [1.54, 1.807) is 43.5 Å². The number of ether oxygens (including phenoxy) is 1. The first-order chi connectivity index (χ1) is 11.4. The lowest BCUT2D eigenvalue weighted by Gasteiger charge is -2.05. The monoisotopic (exact) mass is 382 g/mol. The van der Waals surface area contributed by atoms with E-state index in [9.17, 15) is 4.79 Å². The first-order valence-corrected chi connectivity index (χ1v) is 8.08. The molecule has 0 radical (unpaired) electrons. The summed E-state index contributed by atoms with van der Waals surface area (Å²) in [7, 11) is 1.61. The van der Waals surface area contributed by atoms with Crippen molar-refractivity contribution in [3.8, 4) is 5.75 Å². The molecule has 24 heavy (non-hydrogen) atoms. The van der Waals surface area contributed by atoms with Crippen LogP contribution < -0.4 is 10.1 Å². The number of carbonyl (C=O) groups excluding carboxylic acids is 1. The third-order valence-electron chi connectivity index (χ3n) is 3.32. The third-order valence-corrected chi connectivity index (χ3v) is 4.44. The van der Waals surface area contributed by atoms with Gasteiger partial charge in [-0.15, -0.1) is 0 Å². The molecule has 0 bridgehead atoms. The van der Waals surface area contributed by atoms with Crippen molar-refractivity contribution in [2.75, 3.05) is 7.05 Å². The van der Waals surface area contributed by atoms with Crippen molar-refractivity contribution in [2.24, 2.45) is 0 Å². The van der Waals surface area contributed by atoms with Crippen molar-refractivity contribution in [3.05, 3.63) is 57.6 Å². The van der Waals surface area contributed by atoms with Crippen molar-refractivity contribution in [3.63, 3.8) is 0 Å². The van der Waals surface area contributed by atoms with Gasteiger partial charge in [0.2, 0.25) is 0 Å². The van der Waals surface area contributed by atoms with Gasteiger partial charge in [0, 0.05) is 19.2 Å². The standard InChI is InChI=1S/C16H12Cl2N2O3S/c1-20-15(21)14(19-16(20)24)7-10-2-3-11(23-10)8-22-9-4-5-12(17)13(18)6-9/h2-7H,8H2,1H3,(H,19,24)/b14-7+. The molecule has 1 aliphatic heterocycles. The lowest BCUT2D eigenvalue weighted by molar-refractivity contribution is -0.121. The number of benzene rings is 1. The molecule has 1 aromatic carbocycles. The summed E-state index contributed by atoms with van der Waals surface area (Å²) in [6.07, 6.45) is 1.60.